The van der Waals surface area contributed by atoms with Gasteiger partial charge in [-0.3, -0.25) is 9.59 Å². The van der Waals surface area contributed by atoms with E-state index in [1.54, 1.807) is 19.1 Å². The predicted octanol–water partition coefficient (Wildman–Crippen LogP) is 1.59. The van der Waals surface area contributed by atoms with Gasteiger partial charge in [0.1, 0.15) is 0 Å². The van der Waals surface area contributed by atoms with Crippen molar-refractivity contribution in [2.24, 2.45) is 10.9 Å². The van der Waals surface area contributed by atoms with Crippen LogP contribution in [0.5, 0.6) is 0 Å². The zero-order chi connectivity index (χ0) is 16.4. The number of rotatable bonds is 1. The molecule has 0 aromatic rings. The topological polar surface area (TPSA) is 84.8 Å². The summed E-state index contributed by atoms with van der Waals surface area (Å²) in [7, 11) is 0. The molecule has 1 atom stereocenters. The summed E-state index contributed by atoms with van der Waals surface area (Å²) in [4.78, 5) is 38.9. The van der Waals surface area contributed by atoms with Gasteiger partial charge in [-0.1, -0.05) is 6.08 Å². The molecule has 0 aromatic heterocycles. The molecule has 2 aliphatic carbocycles. The minimum Gasteiger partial charge on any atom is -0.459 e. The van der Waals surface area contributed by atoms with Gasteiger partial charge in [-0.05, 0) is 50.3 Å². The Balaban J connectivity index is 1.85. The van der Waals surface area contributed by atoms with Gasteiger partial charge in [0.25, 0.3) is 5.91 Å². The molecule has 0 bridgehead atoms. The van der Waals surface area contributed by atoms with Crippen molar-refractivity contribution in [3.63, 3.8) is 0 Å². The Morgan fingerprint density at radius 2 is 2.13 bits per heavy atom. The van der Waals surface area contributed by atoms with Crippen LogP contribution < -0.4 is 5.32 Å². The molecular weight excluding hydrogens is 296 g/mol. The zero-order valence-corrected chi connectivity index (χ0v) is 12.9. The van der Waals surface area contributed by atoms with Crippen molar-refractivity contribution in [3.05, 3.63) is 35.1 Å². The second kappa shape index (κ2) is 6.32. The number of carbonyl (C=O) groups excluding carboxylic acids is 3. The van der Waals surface area contributed by atoms with Crippen LogP contribution in [0.4, 0.5) is 0 Å². The standard InChI is InChI=1S/C17H18N2O4/c1-2-23-17(22)16(21)18-10-7-8-12-11-5-3-4-6-13(11)15(20)19-14(12)9-10/h7-9,12H,2-6H2,1H3,(H,19,20). The molecule has 3 rings (SSSR count). The fourth-order valence-corrected chi connectivity index (χ4v) is 3.18. The van der Waals surface area contributed by atoms with E-state index in [0.29, 0.717) is 11.4 Å². The monoisotopic (exact) mass is 314 g/mol. The number of amides is 2. The van der Waals surface area contributed by atoms with Gasteiger partial charge in [0.05, 0.1) is 12.3 Å². The Labute approximate surface area is 134 Å². The number of carbonyl (C=O) groups is 3. The highest BCUT2D eigenvalue weighted by molar-refractivity contribution is 6.36. The maximum atomic E-state index is 12.2. The number of nitrogens with one attached hydrogen (secondary N) is 1. The summed E-state index contributed by atoms with van der Waals surface area (Å²) in [6.45, 7) is 1.75. The number of ether oxygens (including phenoxy) is 1. The molecule has 1 N–H and O–H groups in total. The Kier molecular flexibility index (Phi) is 4.23. The Bertz CT molecular complexity index is 697. The van der Waals surface area contributed by atoms with E-state index in [-0.39, 0.29) is 18.4 Å². The Morgan fingerprint density at radius 1 is 1.35 bits per heavy atom. The molecule has 1 aliphatic heterocycles. The minimum atomic E-state index is -0.973. The van der Waals surface area contributed by atoms with Crippen LogP contribution in [0.1, 0.15) is 32.6 Å². The number of esters is 1. The summed E-state index contributed by atoms with van der Waals surface area (Å²) >= 11 is 0. The van der Waals surface area contributed by atoms with Crippen LogP contribution in [0.2, 0.25) is 0 Å². The van der Waals surface area contributed by atoms with Crippen molar-refractivity contribution in [1.29, 1.82) is 0 Å². The van der Waals surface area contributed by atoms with Crippen LogP contribution >= 0.6 is 0 Å². The zero-order valence-electron chi connectivity index (χ0n) is 12.9. The lowest BCUT2D eigenvalue weighted by Gasteiger charge is -2.33. The van der Waals surface area contributed by atoms with Crippen molar-refractivity contribution in [2.75, 3.05) is 6.61 Å². The molecule has 6 heteroatoms. The molecule has 0 spiro atoms. The number of allylic oxidation sites excluding steroid dienone is 3. The second-order valence-corrected chi connectivity index (χ2v) is 5.66. The summed E-state index contributed by atoms with van der Waals surface area (Å²) in [5, 5.41) is 2.88. The largest absolute Gasteiger partial charge is 0.459 e. The van der Waals surface area contributed by atoms with E-state index in [2.05, 4.69) is 15.0 Å². The van der Waals surface area contributed by atoms with E-state index in [0.717, 1.165) is 31.3 Å². The molecule has 2 amide bonds. The summed E-state index contributed by atoms with van der Waals surface area (Å²) in [5.74, 6) is -1.94. The first-order chi connectivity index (χ1) is 11.1. The molecule has 0 radical (unpaired) electrons. The van der Waals surface area contributed by atoms with Crippen LogP contribution in [-0.4, -0.2) is 30.1 Å². The highest BCUT2D eigenvalue weighted by Gasteiger charge is 2.33. The molecule has 0 saturated heterocycles. The second-order valence-electron chi connectivity index (χ2n) is 5.66. The first-order valence-electron chi connectivity index (χ1n) is 7.83. The van der Waals surface area contributed by atoms with Gasteiger partial charge in [-0.25, -0.2) is 9.79 Å². The number of fused-ring (bicyclic) bond motifs is 2. The molecule has 1 heterocycles. The molecule has 0 saturated carbocycles. The molecule has 3 aliphatic rings. The van der Waals surface area contributed by atoms with Crippen molar-refractivity contribution < 1.29 is 19.1 Å². The average Bonchev–Trinajstić information content (AvgIpc) is 2.55. The summed E-state index contributed by atoms with van der Waals surface area (Å²) in [6, 6.07) is 0. The number of nitrogens with zero attached hydrogens (tertiary/aromatic N) is 1. The summed E-state index contributed by atoms with van der Waals surface area (Å²) in [5.41, 5.74) is 3.12. The lowest BCUT2D eigenvalue weighted by atomic mass is 9.77. The summed E-state index contributed by atoms with van der Waals surface area (Å²) in [6.07, 6.45) is 9.16. The minimum absolute atomic E-state index is 0.0413. The highest BCUT2D eigenvalue weighted by Crippen LogP contribution is 2.38. The SMILES string of the molecule is CCOC(=O)C(=O)N=C1C=CC2C(=C1)NC(=O)C1=C2CCCC1. The third kappa shape index (κ3) is 3.02. The third-order valence-corrected chi connectivity index (χ3v) is 4.20. The van der Waals surface area contributed by atoms with Gasteiger partial charge in [0.15, 0.2) is 0 Å². The van der Waals surface area contributed by atoms with E-state index < -0.39 is 11.9 Å². The predicted molar refractivity (Wildman–Crippen MR) is 83.4 cm³/mol. The molecule has 0 fully saturated rings. The first kappa shape index (κ1) is 15.4. The molecule has 6 nitrogen and oxygen atoms in total. The fourth-order valence-electron chi connectivity index (χ4n) is 3.18. The van der Waals surface area contributed by atoms with E-state index in [4.69, 9.17) is 0 Å². The molecule has 23 heavy (non-hydrogen) atoms. The van der Waals surface area contributed by atoms with E-state index in [1.807, 2.05) is 6.08 Å². The summed E-state index contributed by atoms with van der Waals surface area (Å²) < 4.78 is 4.62. The van der Waals surface area contributed by atoms with Crippen molar-refractivity contribution in [3.8, 4) is 0 Å². The lowest BCUT2D eigenvalue weighted by molar-refractivity contribution is -0.152. The average molecular weight is 314 g/mol. The van der Waals surface area contributed by atoms with Crippen LogP contribution in [0.3, 0.4) is 0 Å². The number of hydrogen-bond donors (Lipinski definition) is 1. The quantitative estimate of drug-likeness (QED) is 0.588. The van der Waals surface area contributed by atoms with E-state index in [9.17, 15) is 14.4 Å². The van der Waals surface area contributed by atoms with Gasteiger partial charge >= 0.3 is 11.9 Å². The number of hydrogen-bond acceptors (Lipinski definition) is 4. The van der Waals surface area contributed by atoms with Crippen LogP contribution in [0.25, 0.3) is 0 Å². The van der Waals surface area contributed by atoms with Crippen molar-refractivity contribution in [1.82, 2.24) is 5.32 Å². The van der Waals surface area contributed by atoms with Gasteiger partial charge in [-0.15, -0.1) is 0 Å². The molecule has 0 aromatic carbocycles. The third-order valence-electron chi connectivity index (χ3n) is 4.20. The maximum absolute atomic E-state index is 12.2. The van der Waals surface area contributed by atoms with Gasteiger partial charge in [0.2, 0.25) is 0 Å². The molecular formula is C17H18N2O4. The van der Waals surface area contributed by atoms with Gasteiger partial charge in [0, 0.05) is 17.2 Å². The Hall–Kier alpha value is -2.50. The fraction of sp³-hybridized carbons (Fsp3) is 0.412. The van der Waals surface area contributed by atoms with Crippen LogP contribution in [-0.2, 0) is 19.1 Å². The first-order valence-corrected chi connectivity index (χ1v) is 7.83. The molecule has 120 valence electrons. The maximum Gasteiger partial charge on any atom is 0.399 e. The van der Waals surface area contributed by atoms with E-state index >= 15 is 0 Å². The molecule has 1 unspecified atom stereocenters. The van der Waals surface area contributed by atoms with E-state index in [1.165, 1.54) is 5.57 Å². The van der Waals surface area contributed by atoms with Crippen LogP contribution in [0.15, 0.2) is 40.1 Å². The van der Waals surface area contributed by atoms with Crippen molar-refractivity contribution >= 4 is 23.5 Å². The van der Waals surface area contributed by atoms with Crippen LogP contribution in [0, 0.1) is 5.92 Å². The Morgan fingerprint density at radius 3 is 2.91 bits per heavy atom. The smallest absolute Gasteiger partial charge is 0.399 e. The highest BCUT2D eigenvalue weighted by atomic mass is 16.5. The van der Waals surface area contributed by atoms with Crippen molar-refractivity contribution in [2.45, 2.75) is 32.6 Å². The lowest BCUT2D eigenvalue weighted by Crippen LogP contribution is -2.37. The number of aliphatic imine (C=N–C) groups is 1. The normalized spacial score (nSPS) is 24.6. The van der Waals surface area contributed by atoms with Gasteiger partial charge in [-0.2, -0.15) is 0 Å². The van der Waals surface area contributed by atoms with Gasteiger partial charge < -0.3 is 10.1 Å².